The van der Waals surface area contributed by atoms with Gasteiger partial charge in [-0.25, -0.2) is 0 Å². The smallest absolute Gasteiger partial charge is 0.162 e. The summed E-state index contributed by atoms with van der Waals surface area (Å²) in [5.74, 6) is 8.40. The Hall–Kier alpha value is -1.75. The molecule has 0 aliphatic heterocycles. The summed E-state index contributed by atoms with van der Waals surface area (Å²) in [7, 11) is 0. The minimum Gasteiger partial charge on any atom is -0.512 e. The van der Waals surface area contributed by atoms with E-state index >= 15 is 0 Å². The van der Waals surface area contributed by atoms with E-state index in [1.807, 2.05) is 33.9 Å². The van der Waals surface area contributed by atoms with Gasteiger partial charge in [-0.1, -0.05) is 27.7 Å². The molecule has 40 heavy (non-hydrogen) atoms. The molecule has 2 aromatic carbocycles. The second kappa shape index (κ2) is 17.3. The van der Waals surface area contributed by atoms with E-state index in [1.165, 1.54) is 33.2 Å². The molecule has 1 radical (unpaired) electrons. The fourth-order valence-electron chi connectivity index (χ4n) is 5.00. The standard InChI is InChI=1S/C22H26GeN.C13H24O2.Ir/c1-16(2)21-14-19(13-18-8-6-7-9-20(18)21)22-12-17(10-11-24-22)15-23(3,4)5;1-5-10(6-2)12(14)9-13(15)11(7-3)8-4;/h6-12,14,16H,15H2,1-5H3;9-11,14H,5-8H2,1-4H3;/q-1;;/b;12-9-;. The molecule has 221 valence electrons. The summed E-state index contributed by atoms with van der Waals surface area (Å²) in [5.41, 5.74) is 4.95. The number of aliphatic hydroxyl groups is 1. The maximum atomic E-state index is 11.7. The molecule has 0 bridgehead atoms. The third-order valence-electron chi connectivity index (χ3n) is 7.35. The molecule has 5 heteroatoms. The SMILES string of the molecule is CC(C)c1cc(-c2cc([CH2][Ge]([CH3])([CH3])[CH3])ccn2)[c-]c2ccccc12.CCC(CC)C(=O)/C=C(\O)C(CC)CC.[Ir]. The van der Waals surface area contributed by atoms with Crippen LogP contribution in [0.3, 0.4) is 0 Å². The first-order valence-corrected chi connectivity index (χ1v) is 22.6. The fraction of sp³-hybridized carbons (Fsp3) is 0.486. The molecule has 0 amide bonds. The Balaban J connectivity index is 0.000000437. The molecule has 0 saturated heterocycles. The van der Waals surface area contributed by atoms with Crippen LogP contribution in [0.5, 0.6) is 0 Å². The van der Waals surface area contributed by atoms with E-state index in [0.29, 0.717) is 5.92 Å². The van der Waals surface area contributed by atoms with Gasteiger partial charge in [-0.05, 0) is 25.7 Å². The van der Waals surface area contributed by atoms with E-state index in [1.54, 1.807) is 0 Å². The molecule has 0 fully saturated rings. The summed E-state index contributed by atoms with van der Waals surface area (Å²) < 4.78 is 0. The Morgan fingerprint density at radius 3 is 2.10 bits per heavy atom. The van der Waals surface area contributed by atoms with Gasteiger partial charge in [-0.15, -0.1) is 0 Å². The maximum absolute atomic E-state index is 11.7. The Bertz CT molecular complexity index is 1240. The van der Waals surface area contributed by atoms with Gasteiger partial charge in [0, 0.05) is 38.0 Å². The number of carbonyl (C=O) groups excluding carboxylic acids is 1. The number of carbonyl (C=O) groups is 1. The summed E-state index contributed by atoms with van der Waals surface area (Å²) in [4.78, 5) is 16.4. The molecule has 0 aliphatic carbocycles. The average Bonchev–Trinajstić information content (AvgIpc) is 2.89. The number of benzene rings is 2. The quantitative estimate of drug-likeness (QED) is 0.0913. The van der Waals surface area contributed by atoms with Crippen LogP contribution >= 0.6 is 0 Å². The molecule has 1 aromatic heterocycles. The number of aliphatic hydroxyl groups excluding tert-OH is 1. The van der Waals surface area contributed by atoms with Gasteiger partial charge in [0.2, 0.25) is 0 Å². The summed E-state index contributed by atoms with van der Waals surface area (Å²) in [5, 5.41) is 13.5. The summed E-state index contributed by atoms with van der Waals surface area (Å²) in [6, 6.07) is 18.8. The van der Waals surface area contributed by atoms with Crippen molar-refractivity contribution in [1.29, 1.82) is 0 Å². The molecule has 0 saturated carbocycles. The largest absolute Gasteiger partial charge is 0.512 e. The zero-order valence-electron chi connectivity index (χ0n) is 26.1. The third kappa shape index (κ3) is 10.9. The minimum atomic E-state index is -1.62. The van der Waals surface area contributed by atoms with E-state index in [9.17, 15) is 9.90 Å². The minimum absolute atomic E-state index is 0. The molecule has 0 aliphatic rings. The summed E-state index contributed by atoms with van der Waals surface area (Å²) >= 11 is -1.62. The van der Waals surface area contributed by atoms with Gasteiger partial charge in [0.1, 0.15) is 0 Å². The van der Waals surface area contributed by atoms with Gasteiger partial charge >= 0.3 is 148 Å². The number of pyridine rings is 1. The number of rotatable bonds is 11. The number of hydrogen-bond acceptors (Lipinski definition) is 3. The van der Waals surface area contributed by atoms with Crippen LogP contribution in [-0.2, 0) is 30.2 Å². The molecule has 0 atom stereocenters. The van der Waals surface area contributed by atoms with Gasteiger partial charge in [0.25, 0.3) is 0 Å². The molecule has 3 rings (SSSR count). The molecule has 3 aromatic rings. The van der Waals surface area contributed by atoms with Crippen molar-refractivity contribution in [1.82, 2.24) is 4.98 Å². The van der Waals surface area contributed by atoms with Crippen molar-refractivity contribution in [2.45, 2.75) is 95.7 Å². The molecule has 1 N–H and O–H groups in total. The third-order valence-corrected chi connectivity index (χ3v) is 10.4. The van der Waals surface area contributed by atoms with E-state index in [-0.39, 0.29) is 43.5 Å². The summed E-state index contributed by atoms with van der Waals surface area (Å²) in [6.45, 7) is 12.6. The zero-order valence-corrected chi connectivity index (χ0v) is 30.6. The normalized spacial score (nSPS) is 11.9. The number of hydrogen-bond donors (Lipinski definition) is 1. The topological polar surface area (TPSA) is 50.2 Å². The fourth-order valence-corrected chi connectivity index (χ4v) is 8.03. The van der Waals surface area contributed by atoms with Crippen molar-refractivity contribution in [3.05, 3.63) is 77.7 Å². The average molecular weight is 782 g/mol. The number of aromatic nitrogens is 1. The van der Waals surface area contributed by atoms with E-state index < -0.39 is 13.3 Å². The second-order valence-corrected chi connectivity index (χ2v) is 23.6. The summed E-state index contributed by atoms with van der Waals surface area (Å²) in [6.07, 6.45) is 6.86. The number of allylic oxidation sites excluding steroid dienone is 2. The molecule has 0 unspecified atom stereocenters. The van der Waals surface area contributed by atoms with Crippen molar-refractivity contribution in [3.8, 4) is 11.3 Å². The van der Waals surface area contributed by atoms with Crippen molar-refractivity contribution >= 4 is 29.8 Å². The van der Waals surface area contributed by atoms with Gasteiger partial charge in [-0.2, -0.15) is 0 Å². The Morgan fingerprint density at radius 1 is 0.950 bits per heavy atom. The predicted octanol–water partition coefficient (Wildman–Crippen LogP) is 10.1. The van der Waals surface area contributed by atoms with Gasteiger partial charge in [0.05, 0.1) is 5.76 Å². The maximum Gasteiger partial charge on any atom is 0.162 e. The van der Waals surface area contributed by atoms with Gasteiger partial charge in [-0.3, -0.25) is 4.79 Å². The van der Waals surface area contributed by atoms with Gasteiger partial charge in [0.15, 0.2) is 5.78 Å². The van der Waals surface area contributed by atoms with E-state index in [2.05, 4.69) is 84.6 Å². The number of ketones is 1. The van der Waals surface area contributed by atoms with Crippen molar-refractivity contribution in [2.75, 3.05) is 0 Å². The zero-order chi connectivity index (χ0) is 29.2. The number of fused-ring (bicyclic) bond motifs is 1. The van der Waals surface area contributed by atoms with Crippen LogP contribution in [0.15, 0.2) is 60.5 Å². The Labute approximate surface area is 260 Å². The van der Waals surface area contributed by atoms with Crippen LogP contribution in [0.1, 0.15) is 84.3 Å². The van der Waals surface area contributed by atoms with Crippen LogP contribution in [-0.4, -0.2) is 29.1 Å². The van der Waals surface area contributed by atoms with Crippen molar-refractivity contribution in [3.63, 3.8) is 0 Å². The number of nitrogens with zero attached hydrogens (tertiary/aromatic N) is 1. The molecule has 0 spiro atoms. The van der Waals surface area contributed by atoms with Crippen LogP contribution in [0.2, 0.25) is 17.3 Å². The van der Waals surface area contributed by atoms with Crippen LogP contribution in [0.25, 0.3) is 22.0 Å². The first-order valence-electron chi connectivity index (χ1n) is 14.8. The monoisotopic (exact) mass is 783 g/mol. The predicted molar refractivity (Wildman–Crippen MR) is 171 cm³/mol. The Kier molecular flexibility index (Phi) is 15.7. The van der Waals surface area contributed by atoms with E-state index in [4.69, 9.17) is 0 Å². The van der Waals surface area contributed by atoms with Crippen LogP contribution in [0.4, 0.5) is 0 Å². The molecule has 3 nitrogen and oxygen atoms in total. The first kappa shape index (κ1) is 36.3. The van der Waals surface area contributed by atoms with Gasteiger partial charge < -0.3 is 5.11 Å². The van der Waals surface area contributed by atoms with E-state index in [0.717, 1.165) is 36.9 Å². The molecular weight excluding hydrogens is 731 g/mol. The molecule has 1 heterocycles. The van der Waals surface area contributed by atoms with Crippen LogP contribution in [0, 0.1) is 17.9 Å². The Morgan fingerprint density at radius 2 is 1.55 bits per heavy atom. The van der Waals surface area contributed by atoms with Crippen molar-refractivity contribution < 1.29 is 30.0 Å². The van der Waals surface area contributed by atoms with Crippen LogP contribution < -0.4 is 0 Å². The molecular formula is C35H50GeIrNO2-. The first-order chi connectivity index (χ1) is 18.4. The van der Waals surface area contributed by atoms with Crippen molar-refractivity contribution in [2.24, 2.45) is 11.8 Å². The second-order valence-electron chi connectivity index (χ2n) is 12.1.